The third kappa shape index (κ3) is 5.13. The third-order valence-corrected chi connectivity index (χ3v) is 7.96. The smallest absolute Gasteiger partial charge is 0.222 e. The molecular weight excluding hydrogens is 510 g/mol. The first-order valence-corrected chi connectivity index (χ1v) is 13.6. The highest BCUT2D eigenvalue weighted by atomic mass is 79.9. The fourth-order valence-electron chi connectivity index (χ4n) is 4.49. The van der Waals surface area contributed by atoms with Crippen molar-refractivity contribution in [3.8, 4) is 0 Å². The molecule has 3 heterocycles. The zero-order valence-electron chi connectivity index (χ0n) is 19.3. The molecule has 0 atom stereocenters. The average molecular weight is 539 g/mol. The lowest BCUT2D eigenvalue weighted by Gasteiger charge is -2.30. The highest BCUT2D eigenvalue weighted by Crippen LogP contribution is 2.28. The second kappa shape index (κ2) is 10.4. The Labute approximate surface area is 212 Å². The molecule has 5 rings (SSSR count). The summed E-state index contributed by atoms with van der Waals surface area (Å²) in [7, 11) is 0. The SMILES string of the molecule is CC1CCN(C(=O)CCCSc2nnc3c4ccccc4n(Cc4ccc(Br)cc4)c3n2)CC1. The van der Waals surface area contributed by atoms with Gasteiger partial charge in [0.05, 0.1) is 5.52 Å². The molecule has 0 spiro atoms. The first kappa shape index (κ1) is 23.3. The van der Waals surface area contributed by atoms with Crippen molar-refractivity contribution in [1.82, 2.24) is 24.6 Å². The zero-order chi connectivity index (χ0) is 23.5. The number of halogens is 1. The number of carbonyl (C=O) groups is 1. The van der Waals surface area contributed by atoms with Crippen LogP contribution in [0.1, 0.15) is 38.2 Å². The Morgan fingerprint density at radius 1 is 1.09 bits per heavy atom. The number of hydrogen-bond donors (Lipinski definition) is 0. The number of fused-ring (bicyclic) bond motifs is 3. The molecule has 2 aromatic carbocycles. The van der Waals surface area contributed by atoms with Crippen LogP contribution < -0.4 is 0 Å². The van der Waals surface area contributed by atoms with Gasteiger partial charge in [-0.2, -0.15) is 0 Å². The first-order valence-electron chi connectivity index (χ1n) is 11.8. The topological polar surface area (TPSA) is 63.9 Å². The predicted octanol–water partition coefficient (Wildman–Crippen LogP) is 5.92. The summed E-state index contributed by atoms with van der Waals surface area (Å²) in [5.41, 5.74) is 3.97. The second-order valence-electron chi connectivity index (χ2n) is 9.01. The number of benzene rings is 2. The van der Waals surface area contributed by atoms with E-state index >= 15 is 0 Å². The third-order valence-electron chi connectivity index (χ3n) is 6.51. The lowest BCUT2D eigenvalue weighted by Crippen LogP contribution is -2.37. The number of likely N-dealkylation sites (tertiary alicyclic amines) is 1. The van der Waals surface area contributed by atoms with E-state index in [2.05, 4.69) is 74.0 Å². The van der Waals surface area contributed by atoms with Gasteiger partial charge in [0.25, 0.3) is 0 Å². The monoisotopic (exact) mass is 537 g/mol. The molecule has 4 aromatic rings. The minimum absolute atomic E-state index is 0.275. The molecule has 1 amide bonds. The summed E-state index contributed by atoms with van der Waals surface area (Å²) in [5, 5.41) is 10.7. The van der Waals surface area contributed by atoms with E-state index in [1.165, 1.54) is 5.56 Å². The van der Waals surface area contributed by atoms with Gasteiger partial charge in [0, 0.05) is 41.7 Å². The summed E-state index contributed by atoms with van der Waals surface area (Å²) in [5.74, 6) is 1.81. The molecule has 0 radical (unpaired) electrons. The Morgan fingerprint density at radius 2 is 1.85 bits per heavy atom. The van der Waals surface area contributed by atoms with Crippen LogP contribution in [-0.2, 0) is 11.3 Å². The van der Waals surface area contributed by atoms with Crippen molar-refractivity contribution in [3.63, 3.8) is 0 Å². The largest absolute Gasteiger partial charge is 0.343 e. The minimum atomic E-state index is 0.275. The Kier molecular flexibility index (Phi) is 7.15. The molecule has 8 heteroatoms. The molecule has 1 fully saturated rings. The molecule has 0 bridgehead atoms. The highest BCUT2D eigenvalue weighted by Gasteiger charge is 2.20. The van der Waals surface area contributed by atoms with Gasteiger partial charge in [0.2, 0.25) is 11.1 Å². The maximum Gasteiger partial charge on any atom is 0.222 e. The van der Waals surface area contributed by atoms with Gasteiger partial charge in [-0.25, -0.2) is 4.98 Å². The van der Waals surface area contributed by atoms with Crippen molar-refractivity contribution >= 4 is 55.7 Å². The second-order valence-corrected chi connectivity index (χ2v) is 11.0. The minimum Gasteiger partial charge on any atom is -0.343 e. The van der Waals surface area contributed by atoms with Gasteiger partial charge in [-0.15, -0.1) is 10.2 Å². The van der Waals surface area contributed by atoms with Crippen molar-refractivity contribution in [2.75, 3.05) is 18.8 Å². The van der Waals surface area contributed by atoms with Gasteiger partial charge < -0.3 is 9.47 Å². The van der Waals surface area contributed by atoms with Crippen LogP contribution in [0.25, 0.3) is 22.1 Å². The van der Waals surface area contributed by atoms with Crippen molar-refractivity contribution in [2.24, 2.45) is 5.92 Å². The summed E-state index contributed by atoms with van der Waals surface area (Å²) in [6.45, 7) is 4.78. The first-order chi connectivity index (χ1) is 16.6. The van der Waals surface area contributed by atoms with Crippen molar-refractivity contribution in [2.45, 2.75) is 44.3 Å². The van der Waals surface area contributed by atoms with Crippen LogP contribution in [0.15, 0.2) is 58.2 Å². The Bertz CT molecular complexity index is 1300. The lowest BCUT2D eigenvalue weighted by atomic mass is 9.99. The van der Waals surface area contributed by atoms with Crippen LogP contribution >= 0.6 is 27.7 Å². The number of carbonyl (C=O) groups excluding carboxylic acids is 1. The molecule has 0 unspecified atom stereocenters. The van der Waals surface area contributed by atoms with Crippen LogP contribution in [0.4, 0.5) is 0 Å². The quantitative estimate of drug-likeness (QED) is 0.216. The van der Waals surface area contributed by atoms with E-state index in [-0.39, 0.29) is 5.91 Å². The average Bonchev–Trinajstić information content (AvgIpc) is 3.16. The fraction of sp³-hybridized carbons (Fsp3) is 0.385. The number of rotatable bonds is 7. The van der Waals surface area contributed by atoms with Gasteiger partial charge in [-0.3, -0.25) is 4.79 Å². The van der Waals surface area contributed by atoms with Crippen LogP contribution in [0.3, 0.4) is 0 Å². The number of aromatic nitrogens is 4. The van der Waals surface area contributed by atoms with E-state index in [9.17, 15) is 4.79 Å². The van der Waals surface area contributed by atoms with Gasteiger partial charge in [0.15, 0.2) is 5.65 Å². The summed E-state index contributed by atoms with van der Waals surface area (Å²) < 4.78 is 3.28. The molecule has 1 aliphatic heterocycles. The maximum atomic E-state index is 12.5. The van der Waals surface area contributed by atoms with E-state index in [1.54, 1.807) is 11.8 Å². The molecular formula is C26H28BrN5OS. The predicted molar refractivity (Wildman–Crippen MR) is 141 cm³/mol. The van der Waals surface area contributed by atoms with E-state index in [0.29, 0.717) is 18.1 Å². The van der Waals surface area contributed by atoms with Gasteiger partial charge in [0.1, 0.15) is 5.52 Å². The molecule has 34 heavy (non-hydrogen) atoms. The van der Waals surface area contributed by atoms with E-state index in [0.717, 1.165) is 70.6 Å². The van der Waals surface area contributed by atoms with Crippen LogP contribution in [0.5, 0.6) is 0 Å². The van der Waals surface area contributed by atoms with Gasteiger partial charge >= 0.3 is 0 Å². The molecule has 2 aromatic heterocycles. The molecule has 6 nitrogen and oxygen atoms in total. The Morgan fingerprint density at radius 3 is 2.65 bits per heavy atom. The number of amides is 1. The maximum absolute atomic E-state index is 12.5. The Hall–Kier alpha value is -2.45. The van der Waals surface area contributed by atoms with Crippen molar-refractivity contribution in [1.29, 1.82) is 0 Å². The normalized spacial score (nSPS) is 14.8. The molecule has 176 valence electrons. The number of thioether (sulfide) groups is 1. The number of para-hydroxylation sites is 1. The summed E-state index contributed by atoms with van der Waals surface area (Å²) >= 11 is 5.09. The van der Waals surface area contributed by atoms with Gasteiger partial charge in [-0.1, -0.05) is 64.9 Å². The molecule has 1 aliphatic rings. The van der Waals surface area contributed by atoms with Crippen LogP contribution in [-0.4, -0.2) is 49.4 Å². The van der Waals surface area contributed by atoms with E-state index < -0.39 is 0 Å². The van der Waals surface area contributed by atoms with Crippen LogP contribution in [0.2, 0.25) is 0 Å². The van der Waals surface area contributed by atoms with Crippen molar-refractivity contribution < 1.29 is 4.79 Å². The molecule has 0 saturated carbocycles. The number of hydrogen-bond acceptors (Lipinski definition) is 5. The molecule has 1 saturated heterocycles. The number of piperidine rings is 1. The fourth-order valence-corrected chi connectivity index (χ4v) is 5.47. The highest BCUT2D eigenvalue weighted by molar-refractivity contribution is 9.10. The molecule has 0 N–H and O–H groups in total. The summed E-state index contributed by atoms with van der Waals surface area (Å²) in [6, 6.07) is 16.6. The Balaban J connectivity index is 1.30. The lowest BCUT2D eigenvalue weighted by molar-refractivity contribution is -0.132. The number of nitrogens with zero attached hydrogens (tertiary/aromatic N) is 5. The summed E-state index contributed by atoms with van der Waals surface area (Å²) in [4.78, 5) is 19.4. The standard InChI is InChI=1S/C26H28BrN5OS/c1-18-12-14-31(15-13-18)23(33)7-4-16-34-26-28-25-24(29-30-26)21-5-2-3-6-22(21)32(25)17-19-8-10-20(27)11-9-19/h2-3,5-6,8-11,18H,4,7,12-17H2,1H3. The molecule has 0 aliphatic carbocycles. The zero-order valence-corrected chi connectivity index (χ0v) is 21.7. The van der Waals surface area contributed by atoms with Gasteiger partial charge in [-0.05, 0) is 48.9 Å². The van der Waals surface area contributed by atoms with E-state index in [4.69, 9.17) is 4.98 Å². The van der Waals surface area contributed by atoms with Crippen molar-refractivity contribution in [3.05, 3.63) is 58.6 Å². The van der Waals surface area contributed by atoms with E-state index in [1.807, 2.05) is 17.0 Å². The van der Waals surface area contributed by atoms with Crippen LogP contribution in [0, 0.1) is 5.92 Å². The summed E-state index contributed by atoms with van der Waals surface area (Å²) in [6.07, 6.45) is 3.64.